The van der Waals surface area contributed by atoms with Crippen molar-refractivity contribution in [1.29, 1.82) is 0 Å². The average Bonchev–Trinajstić information content (AvgIpc) is 2.73. The van der Waals surface area contributed by atoms with Gasteiger partial charge in [-0.15, -0.1) is 0 Å². The number of hydrogen-bond acceptors (Lipinski definition) is 0. The molecule has 0 aliphatic rings. The van der Waals surface area contributed by atoms with Crippen LogP contribution in [0.15, 0.2) is 30.5 Å². The number of aromatic nitrogens is 1. The van der Waals surface area contributed by atoms with Crippen molar-refractivity contribution in [3.8, 4) is 11.3 Å². The minimum Gasteiger partial charge on any atom is -0.360 e. The van der Waals surface area contributed by atoms with Crippen LogP contribution in [0.2, 0.25) is 0 Å². The molecule has 0 amide bonds. The highest BCUT2D eigenvalue weighted by Gasteiger charge is 2.31. The topological polar surface area (TPSA) is 15.8 Å². The van der Waals surface area contributed by atoms with Gasteiger partial charge in [-0.3, -0.25) is 0 Å². The van der Waals surface area contributed by atoms with Crippen LogP contribution in [0.4, 0.5) is 13.2 Å². The largest absolute Gasteiger partial charge is 0.416 e. The molecule has 2 rings (SSSR count). The molecule has 2 aromatic rings. The Labute approximate surface area is 117 Å². The van der Waals surface area contributed by atoms with Crippen LogP contribution in [0.5, 0.6) is 0 Å². The molecule has 1 N–H and O–H groups in total. The van der Waals surface area contributed by atoms with Gasteiger partial charge in [0, 0.05) is 21.0 Å². The molecule has 1 aromatic carbocycles. The summed E-state index contributed by atoms with van der Waals surface area (Å²) in [5, 5.41) is 0. The van der Waals surface area contributed by atoms with Gasteiger partial charge in [-0.1, -0.05) is 13.0 Å². The van der Waals surface area contributed by atoms with Gasteiger partial charge in [-0.25, -0.2) is 0 Å². The van der Waals surface area contributed by atoms with Crippen molar-refractivity contribution in [2.24, 2.45) is 0 Å². The van der Waals surface area contributed by atoms with Gasteiger partial charge in [0.05, 0.1) is 5.56 Å². The van der Waals surface area contributed by atoms with E-state index in [9.17, 15) is 13.2 Å². The van der Waals surface area contributed by atoms with Gasteiger partial charge < -0.3 is 4.98 Å². The number of halogens is 4. The number of aryl methyl sites for hydroxylation is 1. The van der Waals surface area contributed by atoms with E-state index in [1.165, 1.54) is 6.07 Å². The SMILES string of the molecule is CCc1ccc(C(F)(F)F)cc1-c1cc(I)c[nH]1. The first kappa shape index (κ1) is 13.5. The van der Waals surface area contributed by atoms with E-state index in [2.05, 4.69) is 27.6 Å². The normalized spacial score (nSPS) is 11.8. The molecular formula is C13H11F3IN. The Balaban J connectivity index is 2.56. The first-order valence-electron chi connectivity index (χ1n) is 5.46. The minimum atomic E-state index is -4.30. The highest BCUT2D eigenvalue weighted by Crippen LogP contribution is 2.34. The molecule has 0 fully saturated rings. The highest BCUT2D eigenvalue weighted by atomic mass is 127. The molecule has 0 spiro atoms. The van der Waals surface area contributed by atoms with Crippen LogP contribution in [0.25, 0.3) is 11.3 Å². The van der Waals surface area contributed by atoms with Crippen LogP contribution in [0, 0.1) is 3.57 Å². The van der Waals surface area contributed by atoms with Crippen molar-refractivity contribution in [2.75, 3.05) is 0 Å². The Kier molecular flexibility index (Phi) is 3.70. The molecule has 18 heavy (non-hydrogen) atoms. The van der Waals surface area contributed by atoms with Gasteiger partial charge in [-0.05, 0) is 52.8 Å². The van der Waals surface area contributed by atoms with Gasteiger partial charge in [0.25, 0.3) is 0 Å². The van der Waals surface area contributed by atoms with E-state index in [1.807, 2.05) is 13.0 Å². The molecule has 0 saturated heterocycles. The van der Waals surface area contributed by atoms with Crippen LogP contribution in [-0.2, 0) is 12.6 Å². The summed E-state index contributed by atoms with van der Waals surface area (Å²) in [6.45, 7) is 1.93. The summed E-state index contributed by atoms with van der Waals surface area (Å²) in [5.41, 5.74) is 1.64. The quantitative estimate of drug-likeness (QED) is 0.732. The highest BCUT2D eigenvalue weighted by molar-refractivity contribution is 14.1. The summed E-state index contributed by atoms with van der Waals surface area (Å²) in [4.78, 5) is 3.00. The maximum Gasteiger partial charge on any atom is 0.416 e. The summed E-state index contributed by atoms with van der Waals surface area (Å²) in [6, 6.07) is 5.73. The van der Waals surface area contributed by atoms with Crippen molar-refractivity contribution in [3.05, 3.63) is 45.2 Å². The molecule has 5 heteroatoms. The lowest BCUT2D eigenvalue weighted by atomic mass is 9.99. The smallest absolute Gasteiger partial charge is 0.360 e. The van der Waals surface area contributed by atoms with Crippen LogP contribution in [0.3, 0.4) is 0 Å². The van der Waals surface area contributed by atoms with Gasteiger partial charge in [0.2, 0.25) is 0 Å². The Morgan fingerprint density at radius 1 is 1.22 bits per heavy atom. The lowest BCUT2D eigenvalue weighted by Crippen LogP contribution is -2.05. The number of alkyl halides is 3. The molecular weight excluding hydrogens is 354 g/mol. The first-order chi connectivity index (χ1) is 8.41. The predicted molar refractivity (Wildman–Crippen MR) is 73.3 cm³/mol. The number of hydrogen-bond donors (Lipinski definition) is 1. The number of H-pyrrole nitrogens is 1. The lowest BCUT2D eigenvalue weighted by molar-refractivity contribution is -0.137. The fourth-order valence-electron chi connectivity index (χ4n) is 1.84. The second-order valence-electron chi connectivity index (χ2n) is 3.95. The third-order valence-electron chi connectivity index (χ3n) is 2.76. The Morgan fingerprint density at radius 2 is 1.94 bits per heavy atom. The third kappa shape index (κ3) is 2.71. The van der Waals surface area contributed by atoms with Crippen molar-refractivity contribution in [2.45, 2.75) is 19.5 Å². The van der Waals surface area contributed by atoms with E-state index in [1.54, 1.807) is 12.3 Å². The van der Waals surface area contributed by atoms with Crippen molar-refractivity contribution in [3.63, 3.8) is 0 Å². The fraction of sp³-hybridized carbons (Fsp3) is 0.231. The van der Waals surface area contributed by atoms with Gasteiger partial charge >= 0.3 is 6.18 Å². The van der Waals surface area contributed by atoms with E-state index in [-0.39, 0.29) is 0 Å². The second-order valence-corrected chi connectivity index (χ2v) is 5.20. The Bertz CT molecular complexity index is 558. The molecule has 0 aliphatic carbocycles. The van der Waals surface area contributed by atoms with E-state index in [0.717, 1.165) is 20.9 Å². The molecule has 0 saturated carbocycles. The lowest BCUT2D eigenvalue weighted by Gasteiger charge is -2.11. The molecule has 0 aliphatic heterocycles. The number of benzene rings is 1. The Hall–Kier alpha value is -0.980. The van der Waals surface area contributed by atoms with E-state index >= 15 is 0 Å². The van der Waals surface area contributed by atoms with Crippen LogP contribution in [0.1, 0.15) is 18.1 Å². The van der Waals surface area contributed by atoms with E-state index < -0.39 is 11.7 Å². The van der Waals surface area contributed by atoms with E-state index in [4.69, 9.17) is 0 Å². The number of rotatable bonds is 2. The van der Waals surface area contributed by atoms with Gasteiger partial charge in [0.15, 0.2) is 0 Å². The third-order valence-corrected chi connectivity index (χ3v) is 3.38. The summed E-state index contributed by atoms with van der Waals surface area (Å²) >= 11 is 2.12. The Morgan fingerprint density at radius 3 is 2.44 bits per heavy atom. The van der Waals surface area contributed by atoms with Crippen molar-refractivity contribution >= 4 is 22.6 Å². The van der Waals surface area contributed by atoms with Crippen LogP contribution in [-0.4, -0.2) is 4.98 Å². The number of aromatic amines is 1. The number of nitrogens with one attached hydrogen (secondary N) is 1. The maximum absolute atomic E-state index is 12.7. The predicted octanol–water partition coefficient (Wildman–Crippen LogP) is 4.87. The van der Waals surface area contributed by atoms with Crippen molar-refractivity contribution < 1.29 is 13.2 Å². The molecule has 0 unspecified atom stereocenters. The fourth-order valence-corrected chi connectivity index (χ4v) is 2.30. The second kappa shape index (κ2) is 4.95. The molecule has 96 valence electrons. The standard InChI is InChI=1S/C13H11F3IN/c1-2-8-3-4-9(13(14,15)16)5-11(8)12-6-10(17)7-18-12/h3-7,18H,2H2,1H3. The summed E-state index contributed by atoms with van der Waals surface area (Å²) in [5.74, 6) is 0. The molecule has 1 aromatic heterocycles. The zero-order valence-electron chi connectivity index (χ0n) is 9.61. The molecule has 0 bridgehead atoms. The van der Waals surface area contributed by atoms with Crippen LogP contribution >= 0.6 is 22.6 Å². The summed E-state index contributed by atoms with van der Waals surface area (Å²) in [7, 11) is 0. The summed E-state index contributed by atoms with van der Waals surface area (Å²) in [6.07, 6.45) is -1.83. The van der Waals surface area contributed by atoms with Gasteiger partial charge in [0.1, 0.15) is 0 Å². The molecule has 0 radical (unpaired) electrons. The summed E-state index contributed by atoms with van der Waals surface area (Å²) < 4.78 is 39.1. The monoisotopic (exact) mass is 365 g/mol. The average molecular weight is 365 g/mol. The zero-order valence-corrected chi connectivity index (χ0v) is 11.8. The van der Waals surface area contributed by atoms with Crippen molar-refractivity contribution in [1.82, 2.24) is 4.98 Å². The van der Waals surface area contributed by atoms with E-state index in [0.29, 0.717) is 12.0 Å². The minimum absolute atomic E-state index is 0.612. The van der Waals surface area contributed by atoms with Crippen LogP contribution < -0.4 is 0 Å². The first-order valence-corrected chi connectivity index (χ1v) is 6.54. The molecule has 1 nitrogen and oxygen atoms in total. The molecule has 0 atom stereocenters. The maximum atomic E-state index is 12.7. The molecule has 1 heterocycles. The zero-order chi connectivity index (χ0) is 13.3. The van der Waals surface area contributed by atoms with Gasteiger partial charge in [-0.2, -0.15) is 13.2 Å².